The Hall–Kier alpha value is -3.28. The molecule has 1 N–H and O–H groups in total. The largest absolute Gasteiger partial charge is 0.490 e. The lowest BCUT2D eigenvalue weighted by atomic mass is 9.94. The summed E-state index contributed by atoms with van der Waals surface area (Å²) in [6.07, 6.45) is 1.42. The summed E-state index contributed by atoms with van der Waals surface area (Å²) in [4.78, 5) is 13.9. The second kappa shape index (κ2) is 10.1. The van der Waals surface area contributed by atoms with Crippen molar-refractivity contribution in [2.24, 2.45) is 0 Å². The van der Waals surface area contributed by atoms with E-state index >= 15 is 0 Å². The first-order valence-electron chi connectivity index (χ1n) is 11.1. The monoisotopic (exact) mass is 461 g/mol. The zero-order valence-corrected chi connectivity index (χ0v) is 19.9. The Labute approximate surface area is 198 Å². The van der Waals surface area contributed by atoms with Crippen LogP contribution in [-0.2, 0) is 17.8 Å². The molecule has 2 heterocycles. The number of fused-ring (bicyclic) bond motifs is 1. The number of nitrogens with one attached hydrogen (secondary N) is 1. The number of carbonyl (C=O) groups excluding carboxylic acids is 1. The van der Waals surface area contributed by atoms with Gasteiger partial charge in [0.2, 0.25) is 5.91 Å². The highest BCUT2D eigenvalue weighted by molar-refractivity contribution is 7.17. The maximum Gasteiger partial charge on any atom is 0.221 e. The van der Waals surface area contributed by atoms with Crippen molar-refractivity contribution in [1.82, 2.24) is 20.4 Å². The average molecular weight is 462 g/mol. The third-order valence-electron chi connectivity index (χ3n) is 5.64. The highest BCUT2D eigenvalue weighted by Crippen LogP contribution is 2.36. The number of carbonyl (C=O) groups is 1. The minimum absolute atomic E-state index is 0.0000586. The van der Waals surface area contributed by atoms with Gasteiger partial charge in [-0.15, -0.1) is 10.2 Å². The summed E-state index contributed by atoms with van der Waals surface area (Å²) in [6.45, 7) is 6.37. The van der Waals surface area contributed by atoms with Gasteiger partial charge in [-0.25, -0.2) is 0 Å². The molecule has 1 amide bonds. The number of aromatic nitrogens is 2. The molecule has 0 aliphatic carbocycles. The number of benzene rings is 2. The maximum atomic E-state index is 11.6. The minimum Gasteiger partial charge on any atom is -0.490 e. The van der Waals surface area contributed by atoms with Crippen LogP contribution in [0.3, 0.4) is 0 Å². The first kappa shape index (κ1) is 22.9. The van der Waals surface area contributed by atoms with Gasteiger partial charge in [0.1, 0.15) is 21.8 Å². The molecule has 0 saturated heterocycles. The van der Waals surface area contributed by atoms with Gasteiger partial charge in [0, 0.05) is 44.2 Å². The van der Waals surface area contributed by atoms with Gasteiger partial charge in [0.25, 0.3) is 0 Å². The topological polar surface area (TPSA) is 91.1 Å². The summed E-state index contributed by atoms with van der Waals surface area (Å²) in [5.74, 6) is 0.651. The van der Waals surface area contributed by atoms with Gasteiger partial charge in [0.15, 0.2) is 0 Å². The summed E-state index contributed by atoms with van der Waals surface area (Å²) in [5, 5.41) is 22.8. The minimum atomic E-state index is 0.0000586. The lowest BCUT2D eigenvalue weighted by Crippen LogP contribution is -2.34. The first-order chi connectivity index (χ1) is 16.0. The van der Waals surface area contributed by atoms with Crippen LogP contribution in [0.25, 0.3) is 21.1 Å². The lowest BCUT2D eigenvalue weighted by Gasteiger charge is -2.29. The number of nitriles is 1. The molecule has 0 spiro atoms. The smallest absolute Gasteiger partial charge is 0.221 e. The molecule has 33 heavy (non-hydrogen) atoms. The highest BCUT2D eigenvalue weighted by Gasteiger charge is 2.21. The number of amides is 1. The van der Waals surface area contributed by atoms with E-state index in [0.717, 1.165) is 47.2 Å². The molecule has 0 bridgehead atoms. The molecule has 1 aromatic heterocycles. The zero-order valence-electron chi connectivity index (χ0n) is 19.1. The quantitative estimate of drug-likeness (QED) is 0.571. The van der Waals surface area contributed by atoms with Crippen molar-refractivity contribution in [2.75, 3.05) is 20.1 Å². The number of rotatable bonds is 7. The van der Waals surface area contributed by atoms with Crippen molar-refractivity contribution < 1.29 is 9.53 Å². The Bertz CT molecular complexity index is 1200. The summed E-state index contributed by atoms with van der Waals surface area (Å²) < 4.78 is 5.73. The van der Waals surface area contributed by atoms with Crippen molar-refractivity contribution in [3.63, 3.8) is 0 Å². The maximum absolute atomic E-state index is 11.6. The third-order valence-corrected chi connectivity index (χ3v) is 6.65. The Balaban J connectivity index is 1.56. The van der Waals surface area contributed by atoms with Crippen LogP contribution in [0.5, 0.6) is 5.75 Å². The van der Waals surface area contributed by atoms with Gasteiger partial charge in [-0.05, 0) is 49.6 Å². The van der Waals surface area contributed by atoms with Gasteiger partial charge in [-0.3, -0.25) is 9.69 Å². The van der Waals surface area contributed by atoms with Gasteiger partial charge >= 0.3 is 0 Å². The fraction of sp³-hybridized carbons (Fsp3) is 0.360. The molecule has 0 unspecified atom stereocenters. The van der Waals surface area contributed by atoms with E-state index in [2.05, 4.69) is 44.7 Å². The third kappa shape index (κ3) is 5.21. The molecular weight excluding hydrogens is 434 g/mol. The first-order valence-corrected chi connectivity index (χ1v) is 11.9. The van der Waals surface area contributed by atoms with Crippen molar-refractivity contribution in [3.05, 3.63) is 53.1 Å². The van der Waals surface area contributed by atoms with E-state index in [9.17, 15) is 10.1 Å². The number of nitrogens with zero attached hydrogens (tertiary/aromatic N) is 4. The summed E-state index contributed by atoms with van der Waals surface area (Å²) in [6, 6.07) is 14.1. The SMILES string of the molecule is CNC(=O)CCN1CCc2c(cccc2-c2nnc(-c3ccc(OC(C)C)c(C#N)c3)s2)C1. The summed E-state index contributed by atoms with van der Waals surface area (Å²) in [5.41, 5.74) is 5.04. The summed E-state index contributed by atoms with van der Waals surface area (Å²) >= 11 is 1.53. The second-order valence-electron chi connectivity index (χ2n) is 8.29. The van der Waals surface area contributed by atoms with Crippen LogP contribution in [0.1, 0.15) is 37.0 Å². The normalized spacial score (nSPS) is 13.4. The predicted molar refractivity (Wildman–Crippen MR) is 129 cm³/mol. The molecule has 0 atom stereocenters. The number of hydrogen-bond donors (Lipinski definition) is 1. The van der Waals surface area contributed by atoms with Crippen molar-refractivity contribution in [1.29, 1.82) is 5.26 Å². The number of hydrogen-bond acceptors (Lipinski definition) is 7. The van der Waals surface area contributed by atoms with Gasteiger partial charge in [-0.1, -0.05) is 29.5 Å². The van der Waals surface area contributed by atoms with E-state index in [-0.39, 0.29) is 12.0 Å². The molecule has 7 nitrogen and oxygen atoms in total. The second-order valence-corrected chi connectivity index (χ2v) is 9.27. The fourth-order valence-corrected chi connectivity index (χ4v) is 4.89. The highest BCUT2D eigenvalue weighted by atomic mass is 32.1. The van der Waals surface area contributed by atoms with E-state index in [0.29, 0.717) is 17.7 Å². The molecule has 0 saturated carbocycles. The van der Waals surface area contributed by atoms with Crippen LogP contribution in [-0.4, -0.2) is 47.2 Å². The molecule has 170 valence electrons. The van der Waals surface area contributed by atoms with Crippen LogP contribution in [0.4, 0.5) is 0 Å². The van der Waals surface area contributed by atoms with Gasteiger partial charge in [-0.2, -0.15) is 5.26 Å². The van der Waals surface area contributed by atoms with Crippen LogP contribution in [0.15, 0.2) is 36.4 Å². The molecule has 2 aromatic carbocycles. The Morgan fingerprint density at radius 1 is 1.27 bits per heavy atom. The lowest BCUT2D eigenvalue weighted by molar-refractivity contribution is -0.121. The average Bonchev–Trinajstić information content (AvgIpc) is 3.32. The van der Waals surface area contributed by atoms with Crippen molar-refractivity contribution in [2.45, 2.75) is 39.3 Å². The Kier molecular flexibility index (Phi) is 7.02. The van der Waals surface area contributed by atoms with Gasteiger partial charge in [0.05, 0.1) is 11.7 Å². The summed E-state index contributed by atoms with van der Waals surface area (Å²) in [7, 11) is 1.67. The zero-order chi connectivity index (χ0) is 23.4. The molecule has 0 radical (unpaired) electrons. The molecule has 8 heteroatoms. The van der Waals surface area contributed by atoms with Crippen molar-refractivity contribution >= 4 is 17.2 Å². The van der Waals surface area contributed by atoms with E-state index in [1.165, 1.54) is 22.5 Å². The molecular formula is C25H27N5O2S. The van der Waals surface area contributed by atoms with E-state index in [1.807, 2.05) is 32.0 Å². The Morgan fingerprint density at radius 3 is 2.85 bits per heavy atom. The number of ether oxygens (including phenoxy) is 1. The van der Waals surface area contributed by atoms with Crippen LogP contribution in [0, 0.1) is 11.3 Å². The van der Waals surface area contributed by atoms with Crippen LogP contribution in [0.2, 0.25) is 0 Å². The fourth-order valence-electron chi connectivity index (χ4n) is 4.00. The standard InChI is InChI=1S/C25H27N5O2S/c1-16(2)32-22-8-7-17(13-19(22)14-26)24-28-29-25(33-24)21-6-4-5-18-15-30(11-9-20(18)21)12-10-23(31)27-3/h4-8,13,16H,9-12,15H2,1-3H3,(H,27,31). The molecule has 1 aliphatic rings. The molecule has 0 fully saturated rings. The Morgan fingerprint density at radius 2 is 2.09 bits per heavy atom. The van der Waals surface area contributed by atoms with E-state index < -0.39 is 0 Å². The molecule has 4 rings (SSSR count). The molecule has 3 aromatic rings. The van der Waals surface area contributed by atoms with Gasteiger partial charge < -0.3 is 10.1 Å². The van der Waals surface area contributed by atoms with Crippen LogP contribution >= 0.6 is 11.3 Å². The predicted octanol–water partition coefficient (Wildman–Crippen LogP) is 4.03. The molecule has 1 aliphatic heterocycles. The van der Waals surface area contributed by atoms with Crippen LogP contribution < -0.4 is 10.1 Å². The van der Waals surface area contributed by atoms with E-state index in [1.54, 1.807) is 7.05 Å². The van der Waals surface area contributed by atoms with E-state index in [4.69, 9.17) is 4.74 Å². The van der Waals surface area contributed by atoms with Crippen molar-refractivity contribution in [3.8, 4) is 33.0 Å².